The molecule has 0 fully saturated rings. The molecule has 0 radical (unpaired) electrons. The largest absolute Gasteiger partial charge is 0.340 e. The molecule has 0 unspecified atom stereocenters. The third kappa shape index (κ3) is 4.55. The summed E-state index contributed by atoms with van der Waals surface area (Å²) in [5, 5.41) is 3.68. The van der Waals surface area contributed by atoms with Crippen molar-refractivity contribution in [2.75, 3.05) is 18.9 Å². The first-order valence-corrected chi connectivity index (χ1v) is 8.49. The summed E-state index contributed by atoms with van der Waals surface area (Å²) in [5.41, 5.74) is 2.17. The minimum Gasteiger partial charge on any atom is -0.340 e. The summed E-state index contributed by atoms with van der Waals surface area (Å²) < 4.78 is 0. The molecule has 2 heterocycles. The van der Waals surface area contributed by atoms with Gasteiger partial charge in [0, 0.05) is 32.1 Å². The van der Waals surface area contributed by atoms with Gasteiger partial charge in [0.2, 0.25) is 0 Å². The topological polar surface area (TPSA) is 71.0 Å². The van der Waals surface area contributed by atoms with E-state index in [-0.39, 0.29) is 5.91 Å². The lowest BCUT2D eigenvalue weighted by atomic mass is 10.2. The number of carbonyl (C=O) groups excluding carboxylic acids is 1. The van der Waals surface area contributed by atoms with Crippen molar-refractivity contribution >= 4 is 29.0 Å². The normalized spacial score (nSPS) is 10.4. The number of rotatable bonds is 6. The van der Waals surface area contributed by atoms with Crippen LogP contribution < -0.4 is 5.32 Å². The number of pyridine rings is 1. The van der Waals surface area contributed by atoms with Gasteiger partial charge in [-0.15, -0.1) is 0 Å². The highest BCUT2D eigenvalue weighted by atomic mass is 35.5. The quantitative estimate of drug-likeness (QED) is 0.721. The molecule has 0 spiro atoms. The number of nitrogens with zero attached hydrogens (tertiary/aromatic N) is 4. The Bertz CT molecular complexity index is 888. The fourth-order valence-corrected chi connectivity index (χ4v) is 2.57. The van der Waals surface area contributed by atoms with Gasteiger partial charge in [0.05, 0.1) is 10.7 Å². The van der Waals surface area contributed by atoms with Gasteiger partial charge >= 0.3 is 0 Å². The molecule has 26 heavy (non-hydrogen) atoms. The molecular formula is C19H18ClN5O. The summed E-state index contributed by atoms with van der Waals surface area (Å²) in [5.74, 6) is 0.350. The number of hydrogen-bond donors (Lipinski definition) is 1. The fourth-order valence-electron chi connectivity index (χ4n) is 2.39. The van der Waals surface area contributed by atoms with E-state index < -0.39 is 0 Å². The highest BCUT2D eigenvalue weighted by Crippen LogP contribution is 2.23. The minimum atomic E-state index is -0.163. The van der Waals surface area contributed by atoms with E-state index in [0.717, 1.165) is 17.7 Å². The number of para-hydroxylation sites is 1. The number of halogens is 1. The number of hydrogen-bond acceptors (Lipinski definition) is 5. The summed E-state index contributed by atoms with van der Waals surface area (Å²) in [4.78, 5) is 26.5. The van der Waals surface area contributed by atoms with Crippen LogP contribution in [0, 0.1) is 0 Å². The molecule has 3 rings (SSSR count). The molecule has 0 saturated heterocycles. The van der Waals surface area contributed by atoms with E-state index in [0.29, 0.717) is 23.1 Å². The van der Waals surface area contributed by atoms with Gasteiger partial charge in [0.25, 0.3) is 5.91 Å². The van der Waals surface area contributed by atoms with Crippen LogP contribution in [0.3, 0.4) is 0 Å². The van der Waals surface area contributed by atoms with Crippen molar-refractivity contribution < 1.29 is 4.79 Å². The van der Waals surface area contributed by atoms with Gasteiger partial charge in [-0.2, -0.15) is 0 Å². The van der Waals surface area contributed by atoms with Crippen molar-refractivity contribution in [3.63, 3.8) is 0 Å². The molecule has 0 bridgehead atoms. The second-order valence-electron chi connectivity index (χ2n) is 5.73. The van der Waals surface area contributed by atoms with Crippen LogP contribution in [0.15, 0.2) is 61.2 Å². The fraction of sp³-hybridized carbons (Fsp3) is 0.158. The molecule has 0 aliphatic rings. The van der Waals surface area contributed by atoms with Crippen molar-refractivity contribution in [3.05, 3.63) is 77.5 Å². The predicted molar refractivity (Wildman–Crippen MR) is 102 cm³/mol. The van der Waals surface area contributed by atoms with Crippen LogP contribution in [0.5, 0.6) is 0 Å². The third-order valence-electron chi connectivity index (χ3n) is 3.85. The SMILES string of the molecule is CN(CCc1ccncc1)C(=O)c1cc(Nc2ccccc2Cl)ncn1. The first-order chi connectivity index (χ1) is 12.6. The van der Waals surface area contributed by atoms with E-state index in [1.807, 2.05) is 30.3 Å². The first kappa shape index (κ1) is 17.8. The van der Waals surface area contributed by atoms with Gasteiger partial charge in [0.1, 0.15) is 17.8 Å². The molecule has 2 aromatic heterocycles. The number of likely N-dealkylation sites (N-methyl/N-ethyl adjacent to an activating group) is 1. The van der Waals surface area contributed by atoms with Crippen LogP contribution in [0.1, 0.15) is 16.1 Å². The Morgan fingerprint density at radius 3 is 2.69 bits per heavy atom. The molecule has 0 aliphatic heterocycles. The van der Waals surface area contributed by atoms with Crippen LogP contribution in [-0.4, -0.2) is 39.4 Å². The Hall–Kier alpha value is -2.99. The van der Waals surface area contributed by atoms with E-state index in [4.69, 9.17) is 11.6 Å². The Morgan fingerprint density at radius 2 is 1.92 bits per heavy atom. The summed E-state index contributed by atoms with van der Waals surface area (Å²) >= 11 is 6.14. The smallest absolute Gasteiger partial charge is 0.272 e. The van der Waals surface area contributed by atoms with Gasteiger partial charge in [0.15, 0.2) is 0 Å². The van der Waals surface area contributed by atoms with E-state index in [2.05, 4.69) is 20.3 Å². The van der Waals surface area contributed by atoms with Gasteiger partial charge in [-0.05, 0) is 36.2 Å². The van der Waals surface area contributed by atoms with Crippen LogP contribution in [0.2, 0.25) is 5.02 Å². The van der Waals surface area contributed by atoms with Crippen LogP contribution in [-0.2, 0) is 6.42 Å². The molecule has 0 atom stereocenters. The zero-order valence-electron chi connectivity index (χ0n) is 14.3. The van der Waals surface area contributed by atoms with E-state index in [1.165, 1.54) is 6.33 Å². The van der Waals surface area contributed by atoms with E-state index in [9.17, 15) is 4.79 Å². The molecule has 1 N–H and O–H groups in total. The Balaban J connectivity index is 1.66. The highest BCUT2D eigenvalue weighted by molar-refractivity contribution is 6.33. The lowest BCUT2D eigenvalue weighted by Gasteiger charge is -2.17. The molecular weight excluding hydrogens is 350 g/mol. The van der Waals surface area contributed by atoms with Crippen molar-refractivity contribution in [3.8, 4) is 0 Å². The Morgan fingerprint density at radius 1 is 1.15 bits per heavy atom. The monoisotopic (exact) mass is 367 g/mol. The van der Waals surface area contributed by atoms with E-state index in [1.54, 1.807) is 36.5 Å². The maximum atomic E-state index is 12.6. The van der Waals surface area contributed by atoms with Crippen molar-refractivity contribution in [1.82, 2.24) is 19.9 Å². The van der Waals surface area contributed by atoms with Gasteiger partial charge in [-0.3, -0.25) is 9.78 Å². The average Bonchev–Trinajstić information content (AvgIpc) is 2.68. The number of nitrogens with one attached hydrogen (secondary N) is 1. The number of benzene rings is 1. The summed E-state index contributed by atoms with van der Waals surface area (Å²) in [7, 11) is 1.76. The number of carbonyl (C=O) groups is 1. The van der Waals surface area contributed by atoms with Crippen molar-refractivity contribution in [2.24, 2.45) is 0 Å². The third-order valence-corrected chi connectivity index (χ3v) is 4.18. The number of amides is 1. The molecule has 0 aliphatic carbocycles. The maximum Gasteiger partial charge on any atom is 0.272 e. The summed E-state index contributed by atoms with van der Waals surface area (Å²) in [6.45, 7) is 0.583. The van der Waals surface area contributed by atoms with Crippen molar-refractivity contribution in [1.29, 1.82) is 0 Å². The Kier molecular flexibility index (Phi) is 5.76. The van der Waals surface area contributed by atoms with Gasteiger partial charge < -0.3 is 10.2 Å². The second kappa shape index (κ2) is 8.40. The Labute approximate surface area is 156 Å². The zero-order chi connectivity index (χ0) is 18.4. The first-order valence-electron chi connectivity index (χ1n) is 8.11. The van der Waals surface area contributed by atoms with Crippen LogP contribution in [0.25, 0.3) is 0 Å². The van der Waals surface area contributed by atoms with E-state index >= 15 is 0 Å². The molecule has 0 saturated carbocycles. The lowest BCUT2D eigenvalue weighted by molar-refractivity contribution is 0.0790. The molecule has 1 aromatic carbocycles. The lowest BCUT2D eigenvalue weighted by Crippen LogP contribution is -2.29. The molecule has 3 aromatic rings. The predicted octanol–water partition coefficient (Wildman–Crippen LogP) is 3.58. The summed E-state index contributed by atoms with van der Waals surface area (Å²) in [6, 6.07) is 12.8. The van der Waals surface area contributed by atoms with Gasteiger partial charge in [-0.25, -0.2) is 9.97 Å². The average molecular weight is 368 g/mol. The maximum absolute atomic E-state index is 12.6. The molecule has 6 nitrogen and oxygen atoms in total. The van der Waals surface area contributed by atoms with Crippen LogP contribution >= 0.6 is 11.6 Å². The standard InChI is InChI=1S/C19H18ClN5O/c1-25(11-8-14-6-9-21-10-7-14)19(26)17-12-18(23-13-22-17)24-16-5-3-2-4-15(16)20/h2-7,9-10,12-13H,8,11H2,1H3,(H,22,23,24). The minimum absolute atomic E-state index is 0.163. The number of aromatic nitrogens is 3. The summed E-state index contributed by atoms with van der Waals surface area (Å²) in [6.07, 6.45) is 5.60. The molecule has 1 amide bonds. The molecule has 7 heteroatoms. The number of anilines is 2. The zero-order valence-corrected chi connectivity index (χ0v) is 15.0. The van der Waals surface area contributed by atoms with Gasteiger partial charge in [-0.1, -0.05) is 23.7 Å². The van der Waals surface area contributed by atoms with Crippen molar-refractivity contribution in [2.45, 2.75) is 6.42 Å². The molecule has 132 valence electrons. The van der Waals surface area contributed by atoms with Crippen LogP contribution in [0.4, 0.5) is 11.5 Å². The highest BCUT2D eigenvalue weighted by Gasteiger charge is 2.14. The second-order valence-corrected chi connectivity index (χ2v) is 6.13.